The van der Waals surface area contributed by atoms with Crippen LogP contribution in [0.3, 0.4) is 0 Å². The Bertz CT molecular complexity index is 609. The second kappa shape index (κ2) is 6.63. The highest BCUT2D eigenvalue weighted by Gasteiger charge is 2.53. The summed E-state index contributed by atoms with van der Waals surface area (Å²) in [5.74, 6) is 0.866. The second-order valence-electron chi connectivity index (χ2n) is 6.66. The van der Waals surface area contributed by atoms with Crippen molar-refractivity contribution in [3.05, 3.63) is 35.4 Å². The fraction of sp³-hybridized carbons (Fsp3) is 0.588. The van der Waals surface area contributed by atoms with Gasteiger partial charge in [0.2, 0.25) is 0 Å². The average Bonchev–Trinajstić information content (AvgIpc) is 3.22. The van der Waals surface area contributed by atoms with E-state index in [1.165, 1.54) is 12.5 Å². The number of nitrogens with one attached hydrogen (secondary N) is 1. The van der Waals surface area contributed by atoms with Gasteiger partial charge >= 0.3 is 6.18 Å². The maximum Gasteiger partial charge on any atom is 0.416 e. The second-order valence-corrected chi connectivity index (χ2v) is 6.66. The van der Waals surface area contributed by atoms with Gasteiger partial charge in [0.25, 0.3) is 0 Å². The van der Waals surface area contributed by atoms with Gasteiger partial charge in [-0.1, -0.05) is 12.1 Å². The SMILES string of the molecule is NC(=NCc1cccc(C(F)(F)F)c1)NCC1CC12CCOCC2. The van der Waals surface area contributed by atoms with Gasteiger partial charge in [-0.05, 0) is 48.3 Å². The maximum absolute atomic E-state index is 12.7. The molecule has 1 aromatic rings. The molecule has 1 unspecified atom stereocenters. The molecule has 1 saturated carbocycles. The van der Waals surface area contributed by atoms with E-state index in [2.05, 4.69) is 10.3 Å². The van der Waals surface area contributed by atoms with Crippen molar-refractivity contribution in [2.75, 3.05) is 19.8 Å². The maximum atomic E-state index is 12.7. The minimum absolute atomic E-state index is 0.131. The van der Waals surface area contributed by atoms with E-state index in [0.717, 1.165) is 44.7 Å². The number of rotatable bonds is 4. The fourth-order valence-electron chi connectivity index (χ4n) is 3.42. The van der Waals surface area contributed by atoms with Gasteiger partial charge in [-0.2, -0.15) is 13.2 Å². The van der Waals surface area contributed by atoms with Crippen molar-refractivity contribution in [2.24, 2.45) is 22.1 Å². The molecular weight excluding hydrogens is 319 g/mol. The number of hydrogen-bond acceptors (Lipinski definition) is 2. The Balaban J connectivity index is 1.48. The molecule has 2 aliphatic rings. The number of hydrogen-bond donors (Lipinski definition) is 2. The van der Waals surface area contributed by atoms with Gasteiger partial charge in [-0.3, -0.25) is 0 Å². The lowest BCUT2D eigenvalue weighted by Crippen LogP contribution is -2.34. The van der Waals surface area contributed by atoms with Gasteiger partial charge in [0.1, 0.15) is 0 Å². The van der Waals surface area contributed by atoms with Crippen LogP contribution in [-0.2, 0) is 17.5 Å². The minimum atomic E-state index is -4.34. The molecule has 2 fully saturated rings. The van der Waals surface area contributed by atoms with Gasteiger partial charge in [0.05, 0.1) is 12.1 Å². The zero-order valence-electron chi connectivity index (χ0n) is 13.4. The summed E-state index contributed by atoms with van der Waals surface area (Å²) in [7, 11) is 0. The number of aliphatic imine (C=N–C) groups is 1. The van der Waals surface area contributed by atoms with Crippen molar-refractivity contribution < 1.29 is 17.9 Å². The average molecular weight is 341 g/mol. The number of nitrogens with zero attached hydrogens (tertiary/aromatic N) is 1. The number of nitrogens with two attached hydrogens (primary N) is 1. The van der Waals surface area contributed by atoms with Gasteiger partial charge < -0.3 is 15.8 Å². The monoisotopic (exact) mass is 341 g/mol. The van der Waals surface area contributed by atoms with Crippen LogP contribution in [0.25, 0.3) is 0 Å². The van der Waals surface area contributed by atoms with Gasteiger partial charge in [-0.25, -0.2) is 4.99 Å². The van der Waals surface area contributed by atoms with E-state index in [4.69, 9.17) is 10.5 Å². The van der Waals surface area contributed by atoms with Crippen LogP contribution in [0, 0.1) is 11.3 Å². The third-order valence-corrected chi connectivity index (χ3v) is 5.06. The van der Waals surface area contributed by atoms with E-state index >= 15 is 0 Å². The minimum Gasteiger partial charge on any atom is -0.381 e. The van der Waals surface area contributed by atoms with Crippen LogP contribution in [0.5, 0.6) is 0 Å². The topological polar surface area (TPSA) is 59.6 Å². The molecule has 3 rings (SSSR count). The molecule has 1 aromatic carbocycles. The lowest BCUT2D eigenvalue weighted by atomic mass is 9.94. The Morgan fingerprint density at radius 3 is 2.79 bits per heavy atom. The standard InChI is InChI=1S/C17H22F3N3O/c18-17(19,20)13-3-1-2-12(8-13)10-22-15(21)23-11-14-9-16(14)4-6-24-7-5-16/h1-3,8,14H,4-7,9-11H2,(H3,21,22,23). The molecule has 1 saturated heterocycles. The zero-order valence-corrected chi connectivity index (χ0v) is 13.4. The molecular formula is C17H22F3N3O. The van der Waals surface area contributed by atoms with Crippen molar-refractivity contribution in [3.63, 3.8) is 0 Å². The molecule has 0 aromatic heterocycles. The number of ether oxygens (including phenoxy) is 1. The van der Waals surface area contributed by atoms with Crippen LogP contribution < -0.4 is 11.1 Å². The lowest BCUT2D eigenvalue weighted by molar-refractivity contribution is -0.137. The zero-order chi connectivity index (χ0) is 17.2. The largest absolute Gasteiger partial charge is 0.416 e. The summed E-state index contributed by atoms with van der Waals surface area (Å²) in [6, 6.07) is 5.16. The summed E-state index contributed by atoms with van der Waals surface area (Å²) < 4.78 is 43.4. The Morgan fingerprint density at radius 2 is 2.08 bits per heavy atom. The summed E-state index contributed by atoms with van der Waals surface area (Å²) in [6.07, 6.45) is -0.959. The van der Waals surface area contributed by atoms with Crippen LogP contribution in [-0.4, -0.2) is 25.7 Å². The van der Waals surface area contributed by atoms with Crippen LogP contribution in [0.15, 0.2) is 29.3 Å². The molecule has 1 spiro atoms. The third-order valence-electron chi connectivity index (χ3n) is 5.06. The first kappa shape index (κ1) is 17.1. The molecule has 1 aliphatic carbocycles. The highest BCUT2D eigenvalue weighted by molar-refractivity contribution is 5.77. The molecule has 1 aliphatic heterocycles. The number of alkyl halides is 3. The fourth-order valence-corrected chi connectivity index (χ4v) is 3.42. The molecule has 132 valence electrons. The normalized spacial score (nSPS) is 23.3. The number of benzene rings is 1. The molecule has 7 heteroatoms. The predicted molar refractivity (Wildman–Crippen MR) is 85.4 cm³/mol. The van der Waals surface area contributed by atoms with Crippen molar-refractivity contribution in [3.8, 4) is 0 Å². The summed E-state index contributed by atoms with van der Waals surface area (Å²) in [5.41, 5.74) is 6.06. The third kappa shape index (κ3) is 4.01. The van der Waals surface area contributed by atoms with E-state index in [-0.39, 0.29) is 12.5 Å². The van der Waals surface area contributed by atoms with Crippen molar-refractivity contribution in [1.29, 1.82) is 0 Å². The smallest absolute Gasteiger partial charge is 0.381 e. The molecule has 0 radical (unpaired) electrons. The Hall–Kier alpha value is -1.76. The van der Waals surface area contributed by atoms with E-state index in [9.17, 15) is 13.2 Å². The first-order valence-corrected chi connectivity index (χ1v) is 8.17. The van der Waals surface area contributed by atoms with E-state index < -0.39 is 11.7 Å². The van der Waals surface area contributed by atoms with Crippen molar-refractivity contribution >= 4 is 5.96 Å². The molecule has 24 heavy (non-hydrogen) atoms. The molecule has 3 N–H and O–H groups in total. The Morgan fingerprint density at radius 1 is 1.33 bits per heavy atom. The van der Waals surface area contributed by atoms with E-state index in [0.29, 0.717) is 16.9 Å². The molecule has 0 amide bonds. The summed E-state index contributed by atoms with van der Waals surface area (Å²) >= 11 is 0. The van der Waals surface area contributed by atoms with Crippen LogP contribution in [0.4, 0.5) is 13.2 Å². The Kier molecular flexibility index (Phi) is 4.71. The molecule has 1 atom stereocenters. The van der Waals surface area contributed by atoms with E-state index in [1.807, 2.05) is 0 Å². The van der Waals surface area contributed by atoms with E-state index in [1.54, 1.807) is 6.07 Å². The molecule has 0 bridgehead atoms. The van der Waals surface area contributed by atoms with Crippen LogP contribution in [0.1, 0.15) is 30.4 Å². The highest BCUT2D eigenvalue weighted by atomic mass is 19.4. The van der Waals surface area contributed by atoms with Crippen molar-refractivity contribution in [1.82, 2.24) is 5.32 Å². The van der Waals surface area contributed by atoms with Crippen LogP contribution in [0.2, 0.25) is 0 Å². The number of halogens is 3. The molecule has 1 heterocycles. The van der Waals surface area contributed by atoms with Gasteiger partial charge in [0, 0.05) is 19.8 Å². The Labute approximate surface area is 139 Å². The first-order valence-electron chi connectivity index (χ1n) is 8.17. The number of guanidine groups is 1. The summed E-state index contributed by atoms with van der Waals surface area (Å²) in [4.78, 5) is 4.14. The quantitative estimate of drug-likeness (QED) is 0.654. The van der Waals surface area contributed by atoms with Crippen molar-refractivity contribution in [2.45, 2.75) is 32.0 Å². The summed E-state index contributed by atoms with van der Waals surface area (Å²) in [5, 5.41) is 3.10. The van der Waals surface area contributed by atoms with Gasteiger partial charge in [-0.15, -0.1) is 0 Å². The highest BCUT2D eigenvalue weighted by Crippen LogP contribution is 2.58. The van der Waals surface area contributed by atoms with Gasteiger partial charge in [0.15, 0.2) is 5.96 Å². The first-order chi connectivity index (χ1) is 11.4. The molecule has 4 nitrogen and oxygen atoms in total. The van der Waals surface area contributed by atoms with Crippen LogP contribution >= 0.6 is 0 Å². The lowest BCUT2D eigenvalue weighted by Gasteiger charge is -2.23. The summed E-state index contributed by atoms with van der Waals surface area (Å²) in [6.45, 7) is 2.55. The predicted octanol–water partition coefficient (Wildman–Crippen LogP) is 2.93.